The molecule has 0 saturated carbocycles. The average Bonchev–Trinajstić information content (AvgIpc) is 2.25. The van der Waals surface area contributed by atoms with Crippen LogP contribution in [0.25, 0.3) is 0 Å². The van der Waals surface area contributed by atoms with Gasteiger partial charge in [-0.1, -0.05) is 0 Å². The Morgan fingerprint density at radius 3 is 2.22 bits per heavy atom. The van der Waals surface area contributed by atoms with Crippen LogP contribution in [0.3, 0.4) is 0 Å². The lowest BCUT2D eigenvalue weighted by molar-refractivity contribution is -0.145. The van der Waals surface area contributed by atoms with Crippen molar-refractivity contribution in [3.05, 3.63) is 0 Å². The molecule has 0 unspecified atom stereocenters. The second kappa shape index (κ2) is 6.80. The van der Waals surface area contributed by atoms with Crippen LogP contribution in [0.1, 0.15) is 20.3 Å². The summed E-state index contributed by atoms with van der Waals surface area (Å²) in [6.07, 6.45) is -0.684. The Labute approximate surface area is 104 Å². The molecule has 2 amide bonds. The molecule has 104 valence electrons. The zero-order valence-electron chi connectivity index (χ0n) is 10.5. The van der Waals surface area contributed by atoms with Crippen LogP contribution in [0, 0.1) is 0 Å². The molecule has 0 heterocycles. The summed E-state index contributed by atoms with van der Waals surface area (Å²) >= 11 is 0. The van der Waals surface area contributed by atoms with Crippen LogP contribution in [0.15, 0.2) is 0 Å². The maximum Gasteiger partial charge on any atom is 0.326 e. The number of urea groups is 1. The number of carbonyl (C=O) groups excluding carboxylic acids is 1. The number of methoxy groups -OCH3 is 1. The largest absolute Gasteiger partial charge is 0.481 e. The summed E-state index contributed by atoms with van der Waals surface area (Å²) in [5.74, 6) is -2.71. The molecule has 0 aromatic carbocycles. The van der Waals surface area contributed by atoms with Crippen LogP contribution in [0.5, 0.6) is 0 Å². The Morgan fingerprint density at radius 2 is 1.83 bits per heavy atom. The number of carbonyl (C=O) groups is 3. The molecule has 0 saturated heterocycles. The standard InChI is InChI=1S/C10H18N2O6/c1-10(2,18-3)5-11-9(17)12-6(8(15)16)4-7(13)14/h6H,4-5H2,1-3H3,(H,13,14)(H,15,16)(H2,11,12,17)/t6-/m0/s1. The van der Waals surface area contributed by atoms with E-state index in [9.17, 15) is 14.4 Å². The van der Waals surface area contributed by atoms with Gasteiger partial charge in [-0.25, -0.2) is 9.59 Å². The second-order valence-electron chi connectivity index (χ2n) is 4.28. The Morgan fingerprint density at radius 1 is 1.28 bits per heavy atom. The Bertz CT molecular complexity index is 328. The molecule has 0 aliphatic rings. The second-order valence-corrected chi connectivity index (χ2v) is 4.28. The van der Waals surface area contributed by atoms with Crippen molar-refractivity contribution < 1.29 is 29.3 Å². The van der Waals surface area contributed by atoms with E-state index in [4.69, 9.17) is 14.9 Å². The Hall–Kier alpha value is -1.83. The number of rotatable bonds is 7. The minimum atomic E-state index is -1.46. The van der Waals surface area contributed by atoms with Gasteiger partial charge in [-0.2, -0.15) is 0 Å². The van der Waals surface area contributed by atoms with E-state index in [0.29, 0.717) is 0 Å². The van der Waals surface area contributed by atoms with Gasteiger partial charge in [0, 0.05) is 13.7 Å². The molecule has 0 bridgehead atoms. The molecule has 8 heteroatoms. The van der Waals surface area contributed by atoms with Gasteiger partial charge in [-0.05, 0) is 13.8 Å². The van der Waals surface area contributed by atoms with E-state index < -0.39 is 36.0 Å². The Balaban J connectivity index is 4.27. The minimum Gasteiger partial charge on any atom is -0.481 e. The van der Waals surface area contributed by atoms with Gasteiger partial charge in [0.1, 0.15) is 6.04 Å². The first-order chi connectivity index (χ1) is 8.18. The molecule has 0 fully saturated rings. The maximum atomic E-state index is 11.4. The van der Waals surface area contributed by atoms with Crippen molar-refractivity contribution in [1.29, 1.82) is 0 Å². The molecule has 4 N–H and O–H groups in total. The van der Waals surface area contributed by atoms with Gasteiger partial charge in [0.2, 0.25) is 0 Å². The number of ether oxygens (including phenoxy) is 1. The highest BCUT2D eigenvalue weighted by Gasteiger charge is 2.24. The van der Waals surface area contributed by atoms with E-state index in [1.807, 2.05) is 0 Å². The van der Waals surface area contributed by atoms with Crippen molar-refractivity contribution in [2.45, 2.75) is 31.9 Å². The first-order valence-electron chi connectivity index (χ1n) is 5.22. The number of aliphatic carboxylic acids is 2. The normalized spacial score (nSPS) is 12.6. The summed E-state index contributed by atoms with van der Waals surface area (Å²) in [7, 11) is 1.48. The molecule has 8 nitrogen and oxygen atoms in total. The number of carboxylic acid groups (broad SMARTS) is 2. The van der Waals surface area contributed by atoms with Crippen molar-refractivity contribution in [3.63, 3.8) is 0 Å². The fourth-order valence-electron chi connectivity index (χ4n) is 0.949. The highest BCUT2D eigenvalue weighted by Crippen LogP contribution is 2.04. The quantitative estimate of drug-likeness (QED) is 0.496. The number of nitrogens with one attached hydrogen (secondary N) is 2. The summed E-state index contributed by atoms with van der Waals surface area (Å²) in [6.45, 7) is 3.63. The number of carboxylic acids is 2. The predicted octanol–water partition coefficient (Wildman–Crippen LogP) is -0.361. The third kappa shape index (κ3) is 6.69. The summed E-state index contributed by atoms with van der Waals surface area (Å²) in [6, 6.07) is -2.22. The van der Waals surface area contributed by atoms with Crippen molar-refractivity contribution >= 4 is 18.0 Å². The molecule has 1 atom stereocenters. The number of hydrogen-bond donors (Lipinski definition) is 4. The molecule has 0 radical (unpaired) electrons. The van der Waals surface area contributed by atoms with Crippen molar-refractivity contribution in [3.8, 4) is 0 Å². The van der Waals surface area contributed by atoms with Crippen molar-refractivity contribution in [2.24, 2.45) is 0 Å². The third-order valence-corrected chi connectivity index (χ3v) is 2.21. The molecular formula is C10H18N2O6. The molecule has 0 rings (SSSR count). The van der Waals surface area contributed by atoms with Crippen LogP contribution < -0.4 is 10.6 Å². The highest BCUT2D eigenvalue weighted by atomic mass is 16.5. The SMILES string of the molecule is COC(C)(C)CNC(=O)N[C@@H](CC(=O)O)C(=O)O. The topological polar surface area (TPSA) is 125 Å². The lowest BCUT2D eigenvalue weighted by Gasteiger charge is -2.23. The van der Waals surface area contributed by atoms with Gasteiger partial charge >= 0.3 is 18.0 Å². The minimum absolute atomic E-state index is 0.161. The zero-order chi connectivity index (χ0) is 14.3. The molecule has 0 aromatic heterocycles. The summed E-state index contributed by atoms with van der Waals surface area (Å²) in [4.78, 5) is 32.5. The fourth-order valence-corrected chi connectivity index (χ4v) is 0.949. The lowest BCUT2D eigenvalue weighted by atomic mass is 10.1. The molecule has 0 spiro atoms. The first-order valence-corrected chi connectivity index (χ1v) is 5.22. The monoisotopic (exact) mass is 262 g/mol. The molecule has 0 aromatic rings. The van der Waals surface area contributed by atoms with E-state index in [-0.39, 0.29) is 6.54 Å². The van der Waals surface area contributed by atoms with E-state index in [0.717, 1.165) is 0 Å². The van der Waals surface area contributed by atoms with Gasteiger partial charge in [-0.3, -0.25) is 4.79 Å². The van der Waals surface area contributed by atoms with Crippen LogP contribution in [0.2, 0.25) is 0 Å². The van der Waals surface area contributed by atoms with E-state index in [1.165, 1.54) is 7.11 Å². The van der Waals surface area contributed by atoms with Gasteiger partial charge in [0.25, 0.3) is 0 Å². The molecule has 0 aliphatic heterocycles. The number of amides is 2. The van der Waals surface area contributed by atoms with Crippen molar-refractivity contribution in [2.75, 3.05) is 13.7 Å². The van der Waals surface area contributed by atoms with Gasteiger partial charge < -0.3 is 25.6 Å². The summed E-state index contributed by atoms with van der Waals surface area (Å²) in [5.41, 5.74) is -0.594. The highest BCUT2D eigenvalue weighted by molar-refractivity contribution is 5.86. The van der Waals surface area contributed by atoms with Crippen LogP contribution >= 0.6 is 0 Å². The number of hydrogen-bond acceptors (Lipinski definition) is 4. The van der Waals surface area contributed by atoms with Gasteiger partial charge in [-0.15, -0.1) is 0 Å². The lowest BCUT2D eigenvalue weighted by Crippen LogP contribution is -2.50. The van der Waals surface area contributed by atoms with Gasteiger partial charge in [0.05, 0.1) is 12.0 Å². The van der Waals surface area contributed by atoms with Gasteiger partial charge in [0.15, 0.2) is 0 Å². The predicted molar refractivity (Wildman–Crippen MR) is 61.3 cm³/mol. The fraction of sp³-hybridized carbons (Fsp3) is 0.700. The van der Waals surface area contributed by atoms with Crippen molar-refractivity contribution in [1.82, 2.24) is 10.6 Å². The van der Waals surface area contributed by atoms with E-state index >= 15 is 0 Å². The summed E-state index contributed by atoms with van der Waals surface area (Å²) < 4.78 is 5.05. The zero-order valence-corrected chi connectivity index (χ0v) is 10.5. The average molecular weight is 262 g/mol. The van der Waals surface area contributed by atoms with E-state index in [2.05, 4.69) is 10.6 Å². The molecule has 0 aliphatic carbocycles. The van der Waals surface area contributed by atoms with E-state index in [1.54, 1.807) is 13.8 Å². The smallest absolute Gasteiger partial charge is 0.326 e. The van der Waals surface area contributed by atoms with Crippen LogP contribution in [0.4, 0.5) is 4.79 Å². The summed E-state index contributed by atoms with van der Waals surface area (Å²) in [5, 5.41) is 21.7. The van der Waals surface area contributed by atoms with Crippen LogP contribution in [-0.2, 0) is 14.3 Å². The maximum absolute atomic E-state index is 11.4. The third-order valence-electron chi connectivity index (χ3n) is 2.21. The molecular weight excluding hydrogens is 244 g/mol. The van der Waals surface area contributed by atoms with Crippen LogP contribution in [-0.4, -0.2) is 53.5 Å². The Kier molecular flexibility index (Phi) is 6.11. The molecule has 18 heavy (non-hydrogen) atoms. The first kappa shape index (κ1) is 16.2.